The van der Waals surface area contributed by atoms with Crippen molar-refractivity contribution < 1.29 is 4.39 Å². The quantitative estimate of drug-likeness (QED) is 0.791. The monoisotopic (exact) mass is 378 g/mol. The molecule has 1 atom stereocenters. The second kappa shape index (κ2) is 11.1. The van der Waals surface area contributed by atoms with E-state index in [4.69, 9.17) is 5.73 Å². The normalized spacial score (nSPS) is 19.7. The smallest absolute Gasteiger partial charge is 0.115 e. The number of alkyl halides is 1. The lowest BCUT2D eigenvalue weighted by atomic mass is 10.0. The predicted molar refractivity (Wildman–Crippen MR) is 113 cm³/mol. The first-order chi connectivity index (χ1) is 12.9. The fourth-order valence-corrected chi connectivity index (χ4v) is 3.85. The highest BCUT2D eigenvalue weighted by Crippen LogP contribution is 2.15. The summed E-state index contributed by atoms with van der Waals surface area (Å²) in [5.74, 6) is 0.671. The lowest BCUT2D eigenvalue weighted by Gasteiger charge is -2.27. The average Bonchev–Trinajstić information content (AvgIpc) is 2.69. The van der Waals surface area contributed by atoms with Crippen LogP contribution in [0.15, 0.2) is 18.2 Å². The average molecular weight is 379 g/mol. The Hall–Kier alpha value is -1.01. The summed E-state index contributed by atoms with van der Waals surface area (Å²) in [7, 11) is 0. The molecular formula is C22H39FN4. The van der Waals surface area contributed by atoms with Gasteiger partial charge in [-0.25, -0.2) is 4.39 Å². The van der Waals surface area contributed by atoms with Crippen LogP contribution in [0.3, 0.4) is 0 Å². The Kier molecular flexibility index (Phi) is 9.16. The summed E-state index contributed by atoms with van der Waals surface area (Å²) in [6, 6.07) is 6.18. The molecule has 5 heteroatoms. The van der Waals surface area contributed by atoms with Crippen molar-refractivity contribution in [3.63, 3.8) is 0 Å². The van der Waals surface area contributed by atoms with Crippen LogP contribution in [-0.4, -0.2) is 73.1 Å². The lowest BCUT2D eigenvalue weighted by molar-refractivity contribution is 0.198. The first-order valence-electron chi connectivity index (χ1n) is 10.4. The third-order valence-electron chi connectivity index (χ3n) is 5.33. The molecule has 4 nitrogen and oxygen atoms in total. The van der Waals surface area contributed by atoms with Crippen molar-refractivity contribution in [2.45, 2.75) is 47.0 Å². The molecule has 1 aliphatic rings. The van der Waals surface area contributed by atoms with E-state index >= 15 is 0 Å². The summed E-state index contributed by atoms with van der Waals surface area (Å²) >= 11 is 0. The maximum atomic E-state index is 13.1. The number of nitrogens with two attached hydrogens (primary N) is 1. The minimum Gasteiger partial charge on any atom is -0.327 e. The van der Waals surface area contributed by atoms with Crippen LogP contribution in [0.4, 0.5) is 4.39 Å². The van der Waals surface area contributed by atoms with Crippen LogP contribution in [0.5, 0.6) is 0 Å². The predicted octanol–water partition coefficient (Wildman–Crippen LogP) is 2.89. The Morgan fingerprint density at radius 1 is 0.926 bits per heavy atom. The van der Waals surface area contributed by atoms with E-state index in [-0.39, 0.29) is 6.04 Å². The Balaban J connectivity index is 2.09. The summed E-state index contributed by atoms with van der Waals surface area (Å²) in [5.41, 5.74) is 9.35. The number of nitrogens with zero attached hydrogens (tertiary/aromatic N) is 3. The van der Waals surface area contributed by atoms with Crippen LogP contribution in [0, 0.1) is 12.8 Å². The van der Waals surface area contributed by atoms with Crippen LogP contribution in [0.1, 0.15) is 37.5 Å². The summed E-state index contributed by atoms with van der Waals surface area (Å²) in [6.45, 7) is 17.8. The zero-order valence-electron chi connectivity index (χ0n) is 17.8. The van der Waals surface area contributed by atoms with Gasteiger partial charge in [0.2, 0.25) is 0 Å². The van der Waals surface area contributed by atoms with Crippen molar-refractivity contribution >= 4 is 0 Å². The molecule has 1 saturated heterocycles. The van der Waals surface area contributed by atoms with E-state index in [1.807, 2.05) is 18.2 Å². The Labute approximate surface area is 165 Å². The fourth-order valence-electron chi connectivity index (χ4n) is 3.85. The van der Waals surface area contributed by atoms with Gasteiger partial charge in [-0.15, -0.1) is 0 Å². The van der Waals surface area contributed by atoms with Gasteiger partial charge in [-0.3, -0.25) is 9.80 Å². The largest absolute Gasteiger partial charge is 0.327 e. The van der Waals surface area contributed by atoms with Gasteiger partial charge in [0.25, 0.3) is 0 Å². The van der Waals surface area contributed by atoms with E-state index in [1.54, 1.807) is 0 Å². The van der Waals surface area contributed by atoms with Crippen LogP contribution in [0.25, 0.3) is 0 Å². The summed E-state index contributed by atoms with van der Waals surface area (Å²) in [4.78, 5) is 7.61. The van der Waals surface area contributed by atoms with E-state index in [9.17, 15) is 4.39 Å². The molecule has 0 amide bonds. The highest BCUT2D eigenvalue weighted by molar-refractivity contribution is 5.30. The maximum Gasteiger partial charge on any atom is 0.115 e. The summed E-state index contributed by atoms with van der Waals surface area (Å²) < 4.78 is 13.1. The number of aryl methyl sites for hydroxylation is 1. The number of hydrogen-bond donors (Lipinski definition) is 1. The number of halogens is 1. The maximum absolute atomic E-state index is 13.1. The molecule has 2 N–H and O–H groups in total. The number of benzene rings is 1. The zero-order chi connectivity index (χ0) is 19.8. The van der Waals surface area contributed by atoms with Gasteiger partial charge in [0.1, 0.15) is 6.67 Å². The van der Waals surface area contributed by atoms with Crippen molar-refractivity contribution in [1.82, 2.24) is 14.7 Å². The fraction of sp³-hybridized carbons (Fsp3) is 0.727. The van der Waals surface area contributed by atoms with E-state index in [0.29, 0.717) is 5.92 Å². The van der Waals surface area contributed by atoms with Gasteiger partial charge in [0.15, 0.2) is 0 Å². The summed E-state index contributed by atoms with van der Waals surface area (Å²) in [6.07, 6.45) is 0. The first kappa shape index (κ1) is 22.3. The molecule has 27 heavy (non-hydrogen) atoms. The van der Waals surface area contributed by atoms with Gasteiger partial charge in [-0.2, -0.15) is 0 Å². The number of hydrogen-bond acceptors (Lipinski definition) is 4. The molecular weight excluding hydrogens is 339 g/mol. The van der Waals surface area contributed by atoms with Gasteiger partial charge in [-0.1, -0.05) is 32.0 Å². The molecule has 0 bridgehead atoms. The second-order valence-corrected chi connectivity index (χ2v) is 8.64. The van der Waals surface area contributed by atoms with Gasteiger partial charge in [-0.05, 0) is 36.5 Å². The third-order valence-corrected chi connectivity index (χ3v) is 5.33. The molecule has 0 radical (unpaired) electrons. The Morgan fingerprint density at radius 2 is 1.48 bits per heavy atom. The topological polar surface area (TPSA) is 35.7 Å². The third kappa shape index (κ3) is 7.86. The van der Waals surface area contributed by atoms with Gasteiger partial charge < -0.3 is 10.6 Å². The molecule has 0 saturated carbocycles. The van der Waals surface area contributed by atoms with Gasteiger partial charge in [0.05, 0.1) is 0 Å². The molecule has 1 heterocycles. The molecule has 154 valence electrons. The second-order valence-electron chi connectivity index (χ2n) is 8.64. The van der Waals surface area contributed by atoms with Crippen LogP contribution in [0.2, 0.25) is 0 Å². The van der Waals surface area contributed by atoms with E-state index in [0.717, 1.165) is 64.5 Å². The SMILES string of the molecule is Cc1ccc(CF)cc1CN1CCN(CC(C)C)CCN(CC(C)N)CC1. The summed E-state index contributed by atoms with van der Waals surface area (Å²) in [5, 5.41) is 0. The Morgan fingerprint density at radius 3 is 2.00 bits per heavy atom. The van der Waals surface area contributed by atoms with E-state index < -0.39 is 6.67 Å². The minimum atomic E-state index is -0.391. The lowest BCUT2D eigenvalue weighted by Crippen LogP contribution is -2.42. The molecule has 0 aliphatic carbocycles. The minimum absolute atomic E-state index is 0.196. The van der Waals surface area contributed by atoms with Crippen LogP contribution < -0.4 is 5.73 Å². The highest BCUT2D eigenvalue weighted by Gasteiger charge is 2.18. The molecule has 0 spiro atoms. The molecule has 1 aromatic carbocycles. The molecule has 2 rings (SSSR count). The van der Waals surface area contributed by atoms with Crippen molar-refractivity contribution in [3.05, 3.63) is 34.9 Å². The molecule has 0 aromatic heterocycles. The zero-order valence-corrected chi connectivity index (χ0v) is 17.8. The molecule has 1 aliphatic heterocycles. The molecule has 1 fully saturated rings. The van der Waals surface area contributed by atoms with Crippen molar-refractivity contribution in [3.8, 4) is 0 Å². The molecule has 1 aromatic rings. The highest BCUT2D eigenvalue weighted by atomic mass is 19.1. The van der Waals surface area contributed by atoms with Crippen LogP contribution >= 0.6 is 0 Å². The van der Waals surface area contributed by atoms with Crippen molar-refractivity contribution in [1.29, 1.82) is 0 Å². The number of rotatable bonds is 7. The van der Waals surface area contributed by atoms with Gasteiger partial charge >= 0.3 is 0 Å². The van der Waals surface area contributed by atoms with E-state index in [1.165, 1.54) is 11.1 Å². The molecule has 1 unspecified atom stereocenters. The van der Waals surface area contributed by atoms with E-state index in [2.05, 4.69) is 42.4 Å². The van der Waals surface area contributed by atoms with Gasteiger partial charge in [0, 0.05) is 64.9 Å². The Bertz CT molecular complexity index is 539. The van der Waals surface area contributed by atoms with Crippen LogP contribution in [-0.2, 0) is 13.2 Å². The standard InChI is InChI=1S/C22H39FN4/c1-18(2)15-25-7-9-26(16-20(4)24)10-12-27(11-8-25)17-22-13-21(14-23)6-5-19(22)3/h5-6,13,18,20H,7-12,14-17,24H2,1-4H3. The van der Waals surface area contributed by atoms with Crippen molar-refractivity contribution in [2.75, 3.05) is 52.4 Å². The van der Waals surface area contributed by atoms with Crippen molar-refractivity contribution in [2.24, 2.45) is 11.7 Å². The first-order valence-corrected chi connectivity index (χ1v) is 10.4.